The van der Waals surface area contributed by atoms with Crippen molar-refractivity contribution >= 4 is 28.4 Å². The molecule has 3 heteroatoms. The highest BCUT2D eigenvalue weighted by atomic mass is 79.9. The summed E-state index contributed by atoms with van der Waals surface area (Å²) in [4.78, 5) is 0. The van der Waals surface area contributed by atoms with Gasteiger partial charge in [0.1, 0.15) is 0 Å². The second-order valence-corrected chi connectivity index (χ2v) is 4.92. The molecule has 0 saturated heterocycles. The fourth-order valence-corrected chi connectivity index (χ4v) is 2.58. The second-order valence-electron chi connectivity index (χ2n) is 3.80. The highest BCUT2D eigenvalue weighted by Crippen LogP contribution is 2.40. The molecule has 1 fully saturated rings. The molecule has 0 spiro atoms. The van der Waals surface area contributed by atoms with Gasteiger partial charge in [0, 0.05) is 16.9 Å². The maximum atomic E-state index is 4.88. The molecule has 1 aliphatic rings. The lowest BCUT2D eigenvalue weighted by molar-refractivity contribution is 0.267. The van der Waals surface area contributed by atoms with Gasteiger partial charge >= 0.3 is 0 Å². The first-order valence-electron chi connectivity index (χ1n) is 4.89. The Balaban J connectivity index is 2.21. The summed E-state index contributed by atoms with van der Waals surface area (Å²) in [7, 11) is 0. The average molecular weight is 270 g/mol. The molecule has 0 amide bonds. The van der Waals surface area contributed by atoms with Gasteiger partial charge in [-0.2, -0.15) is 0 Å². The summed E-state index contributed by atoms with van der Waals surface area (Å²) in [6.07, 6.45) is 3.88. The van der Waals surface area contributed by atoms with Crippen molar-refractivity contribution in [3.63, 3.8) is 0 Å². The van der Waals surface area contributed by atoms with Crippen LogP contribution in [0, 0.1) is 5.92 Å². The molecule has 0 heterocycles. The molecule has 1 atom stereocenters. The van der Waals surface area contributed by atoms with Crippen molar-refractivity contribution in [2.75, 3.05) is 0 Å². The molecule has 1 aromatic carbocycles. The minimum atomic E-state index is 0.233. The Labute approximate surface area is 98.2 Å². The van der Waals surface area contributed by atoms with Crippen LogP contribution in [0.4, 0.5) is 0 Å². The molecule has 0 aromatic heterocycles. The summed E-state index contributed by atoms with van der Waals surface area (Å²) in [5, 5.41) is 0. The van der Waals surface area contributed by atoms with E-state index in [9.17, 15) is 0 Å². The Morgan fingerprint density at radius 3 is 2.71 bits per heavy atom. The van der Waals surface area contributed by atoms with E-state index >= 15 is 0 Å². The summed E-state index contributed by atoms with van der Waals surface area (Å²) in [6, 6.07) is 8.55. The first-order valence-corrected chi connectivity index (χ1v) is 6.05. The van der Waals surface area contributed by atoms with Crippen LogP contribution in [0.15, 0.2) is 33.1 Å². The van der Waals surface area contributed by atoms with Crippen molar-refractivity contribution in [1.82, 2.24) is 0 Å². The lowest BCUT2D eigenvalue weighted by atomic mass is 9.78. The largest absolute Gasteiger partial charge is 0.211 e. The van der Waals surface area contributed by atoms with Gasteiger partial charge in [-0.3, -0.25) is 0 Å². The van der Waals surface area contributed by atoms with Crippen LogP contribution in [0.5, 0.6) is 0 Å². The third-order valence-electron chi connectivity index (χ3n) is 2.90. The summed E-state index contributed by atoms with van der Waals surface area (Å²) < 4.78 is 5.19. The Kier molecular flexibility index (Phi) is 3.29. The Morgan fingerprint density at radius 1 is 1.43 bits per heavy atom. The van der Waals surface area contributed by atoms with Gasteiger partial charge in [0.15, 0.2) is 0 Å². The molecule has 2 rings (SSSR count). The summed E-state index contributed by atoms with van der Waals surface area (Å²) in [5.74, 6) is 0.682. The molecule has 74 valence electrons. The number of nitrogens with zero attached hydrogens (tertiary/aromatic N) is 1. The minimum absolute atomic E-state index is 0.233. The number of hydrogen-bond donors (Lipinski definition) is 0. The summed E-state index contributed by atoms with van der Waals surface area (Å²) in [5.41, 5.74) is 1.25. The van der Waals surface area contributed by atoms with Gasteiger partial charge in [-0.05, 0) is 36.5 Å². The van der Waals surface area contributed by atoms with Crippen LogP contribution in [-0.2, 0) is 12.4 Å². The highest BCUT2D eigenvalue weighted by molar-refractivity contribution is 9.10. The number of hydrogen-bond acceptors (Lipinski definition) is 2. The Hall–Kier alpha value is -0.280. The molecule has 0 aliphatic heterocycles. The topological polar surface area (TPSA) is 12.4 Å². The normalized spacial score (nSPS) is 18.6. The Bertz CT molecular complexity index is 336. The number of halogens is 1. The highest BCUT2D eigenvalue weighted by Gasteiger charge is 2.28. The predicted octanol–water partition coefficient (Wildman–Crippen LogP) is 4.02. The first kappa shape index (κ1) is 10.2. The molecule has 1 aromatic rings. The van der Waals surface area contributed by atoms with Crippen LogP contribution in [0.25, 0.3) is 0 Å². The zero-order valence-electron chi connectivity index (χ0n) is 7.82. The zero-order chi connectivity index (χ0) is 9.97. The van der Waals surface area contributed by atoms with Gasteiger partial charge in [0.2, 0.25) is 0 Å². The molecule has 1 aliphatic carbocycles. The van der Waals surface area contributed by atoms with E-state index in [1.54, 1.807) is 0 Å². The fourth-order valence-electron chi connectivity index (χ4n) is 1.87. The quantitative estimate of drug-likeness (QED) is 0.808. The van der Waals surface area contributed by atoms with Crippen molar-refractivity contribution in [2.45, 2.75) is 25.3 Å². The maximum absolute atomic E-state index is 4.88. The smallest absolute Gasteiger partial charge is 0.0908 e. The van der Waals surface area contributed by atoms with E-state index in [-0.39, 0.29) is 6.04 Å². The monoisotopic (exact) mass is 269 g/mol. The van der Waals surface area contributed by atoms with Crippen LogP contribution < -0.4 is 0 Å². The van der Waals surface area contributed by atoms with E-state index < -0.39 is 0 Å². The second kappa shape index (κ2) is 4.49. The third-order valence-corrected chi connectivity index (χ3v) is 3.62. The van der Waals surface area contributed by atoms with Crippen molar-refractivity contribution in [3.8, 4) is 0 Å². The molecular weight excluding hydrogens is 258 g/mol. The lowest BCUT2D eigenvalue weighted by Crippen LogP contribution is -2.18. The van der Waals surface area contributed by atoms with Crippen LogP contribution in [0.2, 0.25) is 0 Å². The van der Waals surface area contributed by atoms with Crippen LogP contribution in [0.1, 0.15) is 30.9 Å². The van der Waals surface area contributed by atoms with E-state index in [4.69, 9.17) is 12.4 Å². The van der Waals surface area contributed by atoms with E-state index in [0.29, 0.717) is 5.92 Å². The van der Waals surface area contributed by atoms with E-state index in [1.807, 2.05) is 12.1 Å². The number of rotatable bonds is 3. The van der Waals surface area contributed by atoms with Crippen molar-refractivity contribution in [3.05, 3.63) is 34.3 Å². The average Bonchev–Trinajstić information content (AvgIpc) is 2.10. The van der Waals surface area contributed by atoms with Crippen LogP contribution in [0.3, 0.4) is 0 Å². The molecule has 1 saturated carbocycles. The van der Waals surface area contributed by atoms with E-state index in [0.717, 1.165) is 4.47 Å². The summed E-state index contributed by atoms with van der Waals surface area (Å²) >= 11 is 8.36. The fraction of sp³-hybridized carbons (Fsp3) is 0.455. The predicted molar refractivity (Wildman–Crippen MR) is 64.0 cm³/mol. The summed E-state index contributed by atoms with van der Waals surface area (Å²) in [6.45, 7) is 0. The number of benzene rings is 1. The first-order chi connectivity index (χ1) is 6.81. The SMILES string of the molecule is S=NC(c1cccc(Br)c1)C1CCC1. The minimum Gasteiger partial charge on any atom is -0.211 e. The van der Waals surface area contributed by atoms with Gasteiger partial charge in [0.05, 0.1) is 6.04 Å². The zero-order valence-corrected chi connectivity index (χ0v) is 10.2. The molecule has 1 unspecified atom stereocenters. The molecular formula is C11H12BrNS. The van der Waals surface area contributed by atoms with Crippen molar-refractivity contribution < 1.29 is 0 Å². The van der Waals surface area contributed by atoms with Crippen LogP contribution in [-0.4, -0.2) is 0 Å². The van der Waals surface area contributed by atoms with Gasteiger partial charge in [-0.1, -0.05) is 34.5 Å². The van der Waals surface area contributed by atoms with Gasteiger partial charge in [-0.25, -0.2) is 4.36 Å². The van der Waals surface area contributed by atoms with E-state index in [2.05, 4.69) is 32.4 Å². The molecule has 0 radical (unpaired) electrons. The van der Waals surface area contributed by atoms with Crippen molar-refractivity contribution in [1.29, 1.82) is 0 Å². The van der Waals surface area contributed by atoms with Gasteiger partial charge < -0.3 is 0 Å². The lowest BCUT2D eigenvalue weighted by Gasteiger charge is -2.30. The Morgan fingerprint density at radius 2 is 2.21 bits per heavy atom. The molecule has 0 bridgehead atoms. The van der Waals surface area contributed by atoms with Gasteiger partial charge in [-0.15, -0.1) is 0 Å². The molecule has 0 N–H and O–H groups in total. The molecule has 14 heavy (non-hydrogen) atoms. The van der Waals surface area contributed by atoms with E-state index in [1.165, 1.54) is 24.8 Å². The van der Waals surface area contributed by atoms with Gasteiger partial charge in [0.25, 0.3) is 0 Å². The van der Waals surface area contributed by atoms with Crippen LogP contribution >= 0.6 is 15.9 Å². The van der Waals surface area contributed by atoms with Crippen molar-refractivity contribution in [2.24, 2.45) is 10.3 Å². The standard InChI is InChI=1S/C11H12BrNS/c12-10-6-2-5-9(7-10)11(13-14)8-3-1-4-8/h2,5-8,11H,1,3-4H2. The molecule has 1 nitrogen and oxygen atoms in total. The third kappa shape index (κ3) is 2.04. The maximum Gasteiger partial charge on any atom is 0.0908 e.